The van der Waals surface area contributed by atoms with Gasteiger partial charge in [0.15, 0.2) is 0 Å². The molecule has 0 saturated carbocycles. The van der Waals surface area contributed by atoms with E-state index >= 15 is 0 Å². The Morgan fingerprint density at radius 1 is 1.04 bits per heavy atom. The van der Waals surface area contributed by atoms with Crippen LogP contribution in [0.15, 0.2) is 48.5 Å². The van der Waals surface area contributed by atoms with Gasteiger partial charge in [-0.05, 0) is 61.9 Å². The first kappa shape index (κ1) is 17.2. The van der Waals surface area contributed by atoms with Crippen LogP contribution in [-0.2, 0) is 6.42 Å². The standard InChI is InChI=1S/C21H24N2O2/c1-15-3-2-4-19(13-15)21(25)23-11-9-17(10-12-23)14-16-5-7-18(8-6-16)20(22)24/h2-8,13,17H,9-12,14H2,1H3,(H2,22,24). The lowest BCUT2D eigenvalue weighted by Crippen LogP contribution is -2.38. The van der Waals surface area contributed by atoms with Gasteiger partial charge in [0.1, 0.15) is 0 Å². The molecule has 0 radical (unpaired) electrons. The summed E-state index contributed by atoms with van der Waals surface area (Å²) in [7, 11) is 0. The zero-order valence-electron chi connectivity index (χ0n) is 14.6. The highest BCUT2D eigenvalue weighted by Crippen LogP contribution is 2.23. The van der Waals surface area contributed by atoms with Crippen LogP contribution in [0.5, 0.6) is 0 Å². The van der Waals surface area contributed by atoms with E-state index < -0.39 is 5.91 Å². The predicted molar refractivity (Wildman–Crippen MR) is 98.5 cm³/mol. The fraction of sp³-hybridized carbons (Fsp3) is 0.333. The van der Waals surface area contributed by atoms with Gasteiger partial charge < -0.3 is 10.6 Å². The number of hydrogen-bond donors (Lipinski definition) is 1. The molecule has 0 spiro atoms. The molecule has 1 heterocycles. The number of nitrogens with zero attached hydrogens (tertiary/aromatic N) is 1. The molecule has 1 saturated heterocycles. The van der Waals surface area contributed by atoms with Gasteiger partial charge in [-0.1, -0.05) is 29.8 Å². The summed E-state index contributed by atoms with van der Waals surface area (Å²) in [5.41, 5.74) is 8.92. The lowest BCUT2D eigenvalue weighted by molar-refractivity contribution is 0.0690. The number of primary amides is 1. The van der Waals surface area contributed by atoms with Crippen LogP contribution < -0.4 is 5.73 Å². The van der Waals surface area contributed by atoms with Crippen LogP contribution in [0.4, 0.5) is 0 Å². The van der Waals surface area contributed by atoms with Crippen molar-refractivity contribution >= 4 is 11.8 Å². The zero-order valence-corrected chi connectivity index (χ0v) is 14.6. The number of carbonyl (C=O) groups excluding carboxylic acids is 2. The van der Waals surface area contributed by atoms with Gasteiger partial charge in [-0.15, -0.1) is 0 Å². The first-order valence-corrected chi connectivity index (χ1v) is 8.77. The van der Waals surface area contributed by atoms with E-state index in [1.165, 1.54) is 5.56 Å². The van der Waals surface area contributed by atoms with Crippen molar-refractivity contribution in [3.05, 3.63) is 70.8 Å². The van der Waals surface area contributed by atoms with E-state index in [1.54, 1.807) is 12.1 Å². The third-order valence-electron chi connectivity index (χ3n) is 4.93. The molecule has 0 bridgehead atoms. The molecule has 2 aromatic carbocycles. The van der Waals surface area contributed by atoms with Crippen LogP contribution in [-0.4, -0.2) is 29.8 Å². The Labute approximate surface area is 148 Å². The normalized spacial score (nSPS) is 15.2. The molecule has 2 aromatic rings. The van der Waals surface area contributed by atoms with E-state index in [0.29, 0.717) is 11.5 Å². The molecule has 1 aliphatic rings. The molecule has 1 fully saturated rings. The predicted octanol–water partition coefficient (Wildman–Crippen LogP) is 3.19. The first-order chi connectivity index (χ1) is 12.0. The van der Waals surface area contributed by atoms with Crippen molar-refractivity contribution in [2.45, 2.75) is 26.2 Å². The van der Waals surface area contributed by atoms with Crippen molar-refractivity contribution < 1.29 is 9.59 Å². The van der Waals surface area contributed by atoms with Crippen LogP contribution in [0.1, 0.15) is 44.7 Å². The molecule has 2 amide bonds. The highest BCUT2D eigenvalue weighted by molar-refractivity contribution is 5.94. The first-order valence-electron chi connectivity index (χ1n) is 8.77. The maximum Gasteiger partial charge on any atom is 0.253 e. The highest BCUT2D eigenvalue weighted by Gasteiger charge is 2.23. The van der Waals surface area contributed by atoms with Crippen LogP contribution in [0.3, 0.4) is 0 Å². The highest BCUT2D eigenvalue weighted by atomic mass is 16.2. The number of amides is 2. The fourth-order valence-corrected chi connectivity index (χ4v) is 3.44. The Morgan fingerprint density at radius 3 is 2.32 bits per heavy atom. The Hall–Kier alpha value is -2.62. The largest absolute Gasteiger partial charge is 0.366 e. The van der Waals surface area contributed by atoms with Gasteiger partial charge in [0.25, 0.3) is 5.91 Å². The van der Waals surface area contributed by atoms with Crippen LogP contribution in [0, 0.1) is 12.8 Å². The monoisotopic (exact) mass is 336 g/mol. The second-order valence-corrected chi connectivity index (χ2v) is 6.87. The van der Waals surface area contributed by atoms with Crippen molar-refractivity contribution in [1.29, 1.82) is 0 Å². The van der Waals surface area contributed by atoms with Crippen molar-refractivity contribution in [2.75, 3.05) is 13.1 Å². The molecular formula is C21H24N2O2. The average Bonchev–Trinajstić information content (AvgIpc) is 2.62. The number of nitrogens with two attached hydrogens (primary N) is 1. The lowest BCUT2D eigenvalue weighted by atomic mass is 9.89. The molecule has 25 heavy (non-hydrogen) atoms. The van der Waals surface area contributed by atoms with Gasteiger partial charge in [-0.25, -0.2) is 0 Å². The fourth-order valence-electron chi connectivity index (χ4n) is 3.44. The Bertz CT molecular complexity index is 760. The molecule has 4 nitrogen and oxygen atoms in total. The van der Waals surface area contributed by atoms with Crippen LogP contribution in [0.25, 0.3) is 0 Å². The topological polar surface area (TPSA) is 63.4 Å². The summed E-state index contributed by atoms with van der Waals surface area (Å²) in [5, 5.41) is 0. The van der Waals surface area contributed by atoms with Crippen molar-refractivity contribution in [3.63, 3.8) is 0 Å². The van der Waals surface area contributed by atoms with Crippen molar-refractivity contribution in [2.24, 2.45) is 11.7 Å². The second-order valence-electron chi connectivity index (χ2n) is 6.87. The van der Waals surface area contributed by atoms with Gasteiger partial charge in [0.05, 0.1) is 0 Å². The molecule has 0 aromatic heterocycles. The molecule has 3 rings (SSSR count). The molecule has 2 N–H and O–H groups in total. The smallest absolute Gasteiger partial charge is 0.253 e. The second kappa shape index (κ2) is 7.51. The number of hydrogen-bond acceptors (Lipinski definition) is 2. The van der Waals surface area contributed by atoms with E-state index in [4.69, 9.17) is 5.73 Å². The van der Waals surface area contributed by atoms with E-state index in [2.05, 4.69) is 0 Å². The van der Waals surface area contributed by atoms with Gasteiger partial charge in [-0.3, -0.25) is 9.59 Å². The van der Waals surface area contributed by atoms with Gasteiger partial charge in [0, 0.05) is 24.2 Å². The van der Waals surface area contributed by atoms with Crippen LogP contribution >= 0.6 is 0 Å². The molecule has 4 heteroatoms. The third kappa shape index (κ3) is 4.27. The van der Waals surface area contributed by atoms with Crippen LogP contribution in [0.2, 0.25) is 0 Å². The minimum Gasteiger partial charge on any atom is -0.366 e. The molecule has 0 unspecified atom stereocenters. The van der Waals surface area contributed by atoms with Crippen molar-refractivity contribution in [3.8, 4) is 0 Å². The van der Waals surface area contributed by atoms with Gasteiger partial charge in [-0.2, -0.15) is 0 Å². The number of piperidine rings is 1. The van der Waals surface area contributed by atoms with E-state index in [0.717, 1.165) is 43.5 Å². The minimum absolute atomic E-state index is 0.132. The summed E-state index contributed by atoms with van der Waals surface area (Å²) in [5.74, 6) is 0.309. The minimum atomic E-state index is -0.394. The zero-order chi connectivity index (χ0) is 17.8. The average molecular weight is 336 g/mol. The number of benzene rings is 2. The molecule has 130 valence electrons. The summed E-state index contributed by atoms with van der Waals surface area (Å²) in [6.45, 7) is 3.61. The third-order valence-corrected chi connectivity index (χ3v) is 4.93. The van der Waals surface area contributed by atoms with E-state index in [9.17, 15) is 9.59 Å². The number of carbonyl (C=O) groups is 2. The van der Waals surface area contributed by atoms with Crippen molar-refractivity contribution in [1.82, 2.24) is 4.90 Å². The Morgan fingerprint density at radius 2 is 1.72 bits per heavy atom. The van der Waals surface area contributed by atoms with E-state index in [-0.39, 0.29) is 5.91 Å². The number of aryl methyl sites for hydroxylation is 1. The lowest BCUT2D eigenvalue weighted by Gasteiger charge is -2.32. The summed E-state index contributed by atoms with van der Waals surface area (Å²) in [6.07, 6.45) is 3.00. The quantitative estimate of drug-likeness (QED) is 0.932. The van der Waals surface area contributed by atoms with E-state index in [1.807, 2.05) is 48.2 Å². The number of rotatable bonds is 4. The van der Waals surface area contributed by atoms with Gasteiger partial charge >= 0.3 is 0 Å². The summed E-state index contributed by atoms with van der Waals surface area (Å²) in [6, 6.07) is 15.3. The summed E-state index contributed by atoms with van der Waals surface area (Å²) in [4.78, 5) is 25.7. The number of likely N-dealkylation sites (tertiary alicyclic amines) is 1. The Balaban J connectivity index is 1.55. The molecule has 0 atom stereocenters. The molecule has 1 aliphatic heterocycles. The Kier molecular flexibility index (Phi) is 5.17. The molecular weight excluding hydrogens is 312 g/mol. The maximum atomic E-state index is 12.6. The molecule has 0 aliphatic carbocycles. The summed E-state index contributed by atoms with van der Waals surface area (Å²) < 4.78 is 0. The SMILES string of the molecule is Cc1cccc(C(=O)N2CCC(Cc3ccc(C(N)=O)cc3)CC2)c1. The summed E-state index contributed by atoms with van der Waals surface area (Å²) >= 11 is 0. The maximum absolute atomic E-state index is 12.6. The van der Waals surface area contributed by atoms with Gasteiger partial charge in [0.2, 0.25) is 5.91 Å².